The summed E-state index contributed by atoms with van der Waals surface area (Å²) in [6.45, 7) is 6.52. The standard InChI is InChI=1S/C72H126O6/c1-4-7-10-13-16-19-22-24-26-28-30-32-33-34-35-36-37-38-39-41-42-44-46-48-50-53-56-59-62-65-71(74)77-68-69(67-76-70(73)64-61-58-55-52-21-18-15-12-9-6-3)78-72(75)66-63-60-57-54-51-49-47-45-43-40-31-29-27-25-23-20-17-14-11-8-5-2/h8,11,17,20,22,24-25,27-28,30-31,40,45,47,69H,4-7,9-10,12-16,18-19,21,23,26,29,32-39,41-44,46,48-68H2,1-3H3/b11-8-,20-17-,24-22-,27-25-,30-28-,40-31-,47-45-. The molecule has 0 aromatic heterocycles. The highest BCUT2D eigenvalue weighted by Gasteiger charge is 2.19. The number of hydrogen-bond donors (Lipinski definition) is 0. The minimum absolute atomic E-state index is 0.0811. The number of carbonyl (C=O) groups excluding carboxylic acids is 3. The summed E-state index contributed by atoms with van der Waals surface area (Å²) in [6, 6.07) is 0. The Morgan fingerprint density at radius 1 is 0.269 bits per heavy atom. The summed E-state index contributed by atoms with van der Waals surface area (Å²) in [6.07, 6.45) is 87.5. The van der Waals surface area contributed by atoms with E-state index < -0.39 is 6.10 Å². The van der Waals surface area contributed by atoms with Crippen LogP contribution < -0.4 is 0 Å². The lowest BCUT2D eigenvalue weighted by molar-refractivity contribution is -0.167. The van der Waals surface area contributed by atoms with Crippen molar-refractivity contribution in [1.29, 1.82) is 0 Å². The second-order valence-electron chi connectivity index (χ2n) is 22.4. The van der Waals surface area contributed by atoms with Gasteiger partial charge in [0.05, 0.1) is 0 Å². The van der Waals surface area contributed by atoms with Crippen LogP contribution in [0.2, 0.25) is 0 Å². The van der Waals surface area contributed by atoms with Gasteiger partial charge in [0.1, 0.15) is 13.2 Å². The molecule has 0 aliphatic carbocycles. The molecule has 0 saturated heterocycles. The van der Waals surface area contributed by atoms with Crippen molar-refractivity contribution in [2.24, 2.45) is 0 Å². The molecule has 0 aromatic rings. The Hall–Kier alpha value is -3.41. The number of ether oxygens (including phenoxy) is 3. The van der Waals surface area contributed by atoms with Crippen LogP contribution in [0.1, 0.15) is 335 Å². The van der Waals surface area contributed by atoms with E-state index in [-0.39, 0.29) is 31.1 Å². The zero-order chi connectivity index (χ0) is 56.4. The van der Waals surface area contributed by atoms with E-state index in [9.17, 15) is 14.4 Å². The molecule has 0 radical (unpaired) electrons. The quantitative estimate of drug-likeness (QED) is 0.0261. The van der Waals surface area contributed by atoms with Gasteiger partial charge in [0, 0.05) is 19.3 Å². The molecule has 1 unspecified atom stereocenters. The lowest BCUT2D eigenvalue weighted by atomic mass is 10.0. The van der Waals surface area contributed by atoms with E-state index >= 15 is 0 Å². The van der Waals surface area contributed by atoms with Gasteiger partial charge >= 0.3 is 17.9 Å². The summed E-state index contributed by atoms with van der Waals surface area (Å²) < 4.78 is 16.9. The van der Waals surface area contributed by atoms with Crippen molar-refractivity contribution in [2.75, 3.05) is 13.2 Å². The number of rotatable bonds is 61. The summed E-state index contributed by atoms with van der Waals surface area (Å²) in [7, 11) is 0. The van der Waals surface area contributed by atoms with E-state index in [2.05, 4.69) is 106 Å². The summed E-state index contributed by atoms with van der Waals surface area (Å²) >= 11 is 0. The Morgan fingerprint density at radius 3 is 0.782 bits per heavy atom. The van der Waals surface area contributed by atoms with Crippen LogP contribution in [0.25, 0.3) is 0 Å². The third-order valence-corrected chi connectivity index (χ3v) is 14.6. The number of carbonyl (C=O) groups is 3. The molecule has 6 nitrogen and oxygen atoms in total. The lowest BCUT2D eigenvalue weighted by Gasteiger charge is -2.18. The highest BCUT2D eigenvalue weighted by molar-refractivity contribution is 5.71. The molecule has 0 rings (SSSR count). The van der Waals surface area contributed by atoms with Crippen molar-refractivity contribution in [2.45, 2.75) is 341 Å². The maximum absolute atomic E-state index is 12.9. The minimum atomic E-state index is -0.785. The van der Waals surface area contributed by atoms with Crippen LogP contribution >= 0.6 is 0 Å². The van der Waals surface area contributed by atoms with Gasteiger partial charge in [-0.3, -0.25) is 14.4 Å². The molecule has 0 aliphatic rings. The Labute approximate surface area is 484 Å². The largest absolute Gasteiger partial charge is 0.462 e. The number of esters is 3. The van der Waals surface area contributed by atoms with Crippen molar-refractivity contribution >= 4 is 17.9 Å². The van der Waals surface area contributed by atoms with Gasteiger partial charge < -0.3 is 14.2 Å². The lowest BCUT2D eigenvalue weighted by Crippen LogP contribution is -2.30. The second kappa shape index (κ2) is 66.1. The molecule has 6 heteroatoms. The van der Waals surface area contributed by atoms with Gasteiger partial charge in [-0.1, -0.05) is 305 Å². The molecule has 0 fully saturated rings. The van der Waals surface area contributed by atoms with E-state index in [0.717, 1.165) is 116 Å². The number of unbranched alkanes of at least 4 members (excludes halogenated alkanes) is 36. The monoisotopic (exact) mass is 1090 g/mol. The van der Waals surface area contributed by atoms with Gasteiger partial charge in [-0.2, -0.15) is 0 Å². The maximum atomic E-state index is 12.9. The third kappa shape index (κ3) is 63.4. The van der Waals surface area contributed by atoms with Crippen LogP contribution in [-0.2, 0) is 28.6 Å². The van der Waals surface area contributed by atoms with Crippen LogP contribution in [0, 0.1) is 0 Å². The fourth-order valence-corrected chi connectivity index (χ4v) is 9.62. The van der Waals surface area contributed by atoms with Gasteiger partial charge in [0.25, 0.3) is 0 Å². The first-order chi connectivity index (χ1) is 38.5. The summed E-state index contributed by atoms with van der Waals surface area (Å²) in [5.74, 6) is -0.887. The molecule has 78 heavy (non-hydrogen) atoms. The fraction of sp³-hybridized carbons (Fsp3) is 0.764. The number of allylic oxidation sites excluding steroid dienone is 14. The van der Waals surface area contributed by atoms with E-state index in [1.54, 1.807) is 0 Å². The first-order valence-electron chi connectivity index (χ1n) is 33.6. The molecular weight excluding hydrogens is 961 g/mol. The van der Waals surface area contributed by atoms with Crippen LogP contribution in [-0.4, -0.2) is 37.2 Å². The highest BCUT2D eigenvalue weighted by Crippen LogP contribution is 2.17. The molecule has 0 amide bonds. The Balaban J connectivity index is 4.20. The first kappa shape index (κ1) is 74.6. The molecule has 1 atom stereocenters. The summed E-state index contributed by atoms with van der Waals surface area (Å²) in [4.78, 5) is 38.3. The Kier molecular flexibility index (Phi) is 63.2. The van der Waals surface area contributed by atoms with Gasteiger partial charge in [0.15, 0.2) is 6.10 Å². The van der Waals surface area contributed by atoms with Crippen LogP contribution in [0.4, 0.5) is 0 Å². The summed E-state index contributed by atoms with van der Waals surface area (Å²) in [5.41, 5.74) is 0. The van der Waals surface area contributed by atoms with E-state index in [1.165, 1.54) is 180 Å². The molecule has 0 aliphatic heterocycles. The van der Waals surface area contributed by atoms with Crippen LogP contribution in [0.15, 0.2) is 85.1 Å². The van der Waals surface area contributed by atoms with Crippen molar-refractivity contribution in [1.82, 2.24) is 0 Å². The van der Waals surface area contributed by atoms with Crippen LogP contribution in [0.5, 0.6) is 0 Å². The molecule has 0 heterocycles. The average Bonchev–Trinajstić information content (AvgIpc) is 3.44. The average molecular weight is 1090 g/mol. The SMILES string of the molecule is CC/C=C\C/C=C\C/C=C\C/C=C\C/C=C\CCCCCCCC(=O)OC(COC(=O)CCCCCCCCCCCC)COC(=O)CCCCCCCCCCCCCCCCCCC/C=C\C/C=C\CCCCCCC. The van der Waals surface area contributed by atoms with Gasteiger partial charge in [-0.05, 0) is 96.3 Å². The van der Waals surface area contributed by atoms with Gasteiger partial charge in [-0.25, -0.2) is 0 Å². The van der Waals surface area contributed by atoms with Gasteiger partial charge in [-0.15, -0.1) is 0 Å². The molecular formula is C72H126O6. The maximum Gasteiger partial charge on any atom is 0.306 e. The Morgan fingerprint density at radius 2 is 0.500 bits per heavy atom. The number of hydrogen-bond acceptors (Lipinski definition) is 6. The smallest absolute Gasteiger partial charge is 0.306 e. The third-order valence-electron chi connectivity index (χ3n) is 14.6. The van der Waals surface area contributed by atoms with E-state index in [1.807, 2.05) is 0 Å². The summed E-state index contributed by atoms with van der Waals surface area (Å²) in [5, 5.41) is 0. The van der Waals surface area contributed by atoms with E-state index in [4.69, 9.17) is 14.2 Å². The van der Waals surface area contributed by atoms with Crippen molar-refractivity contribution < 1.29 is 28.6 Å². The second-order valence-corrected chi connectivity index (χ2v) is 22.4. The van der Waals surface area contributed by atoms with Crippen LogP contribution in [0.3, 0.4) is 0 Å². The predicted molar refractivity (Wildman–Crippen MR) is 339 cm³/mol. The van der Waals surface area contributed by atoms with E-state index in [0.29, 0.717) is 19.3 Å². The highest BCUT2D eigenvalue weighted by atomic mass is 16.6. The topological polar surface area (TPSA) is 78.9 Å². The first-order valence-corrected chi connectivity index (χ1v) is 33.6. The van der Waals surface area contributed by atoms with Crippen molar-refractivity contribution in [3.63, 3.8) is 0 Å². The molecule has 0 spiro atoms. The van der Waals surface area contributed by atoms with Crippen molar-refractivity contribution in [3.8, 4) is 0 Å². The zero-order valence-electron chi connectivity index (χ0n) is 51.7. The zero-order valence-corrected chi connectivity index (χ0v) is 51.7. The fourth-order valence-electron chi connectivity index (χ4n) is 9.62. The molecule has 0 saturated carbocycles. The Bertz CT molecular complexity index is 1480. The molecule has 0 aromatic carbocycles. The molecule has 0 bridgehead atoms. The van der Waals surface area contributed by atoms with Gasteiger partial charge in [0.2, 0.25) is 0 Å². The van der Waals surface area contributed by atoms with Crippen molar-refractivity contribution in [3.05, 3.63) is 85.1 Å². The minimum Gasteiger partial charge on any atom is -0.462 e. The molecule has 450 valence electrons. The predicted octanol–water partition coefficient (Wildman–Crippen LogP) is 23.1. The normalized spacial score (nSPS) is 12.6. The molecule has 0 N–H and O–H groups in total.